The van der Waals surface area contributed by atoms with Gasteiger partial charge in [0.25, 0.3) is 6.54 Å². The highest BCUT2D eigenvalue weighted by Gasteiger charge is 2.25. The van der Waals surface area contributed by atoms with E-state index in [1.165, 1.54) is 0 Å². The smallest absolute Gasteiger partial charge is 0.263 e. The number of carbonyl (C=O) groups excluding carboxylic acids is 1. The van der Waals surface area contributed by atoms with E-state index in [0.29, 0.717) is 13.0 Å². The summed E-state index contributed by atoms with van der Waals surface area (Å²) in [5.74, 6) is -0.403. The highest BCUT2D eigenvalue weighted by atomic mass is 16.6. The number of ketones is 1. The zero-order valence-corrected chi connectivity index (χ0v) is 6.69. The van der Waals surface area contributed by atoms with Gasteiger partial charge in [-0.15, -0.1) is 0 Å². The van der Waals surface area contributed by atoms with E-state index in [4.69, 9.17) is 4.74 Å². The van der Waals surface area contributed by atoms with Crippen LogP contribution < -0.4 is 0 Å². The molecule has 5 nitrogen and oxygen atoms in total. The number of nitrogens with zero attached hydrogens (tertiary/aromatic N) is 1. The molecule has 0 amide bonds. The van der Waals surface area contributed by atoms with E-state index in [-0.39, 0.29) is 0 Å². The van der Waals surface area contributed by atoms with Gasteiger partial charge in [0.15, 0.2) is 0 Å². The van der Waals surface area contributed by atoms with E-state index < -0.39 is 23.4 Å². The molecule has 1 rings (SSSR count). The fourth-order valence-corrected chi connectivity index (χ4v) is 1.22. The Labute approximate surface area is 69.9 Å². The summed E-state index contributed by atoms with van der Waals surface area (Å²) in [6.45, 7) is -0.0568. The van der Waals surface area contributed by atoms with Crippen LogP contribution in [-0.4, -0.2) is 30.0 Å². The summed E-state index contributed by atoms with van der Waals surface area (Å²) in [4.78, 5) is 20.4. The van der Waals surface area contributed by atoms with Crippen molar-refractivity contribution in [2.45, 2.75) is 25.4 Å². The normalized spacial score (nSPS) is 23.5. The Kier molecular flexibility index (Phi) is 3.16. The van der Waals surface area contributed by atoms with Gasteiger partial charge in [-0.3, -0.25) is 14.9 Å². The lowest BCUT2D eigenvalue weighted by Crippen LogP contribution is -2.32. The van der Waals surface area contributed by atoms with Gasteiger partial charge < -0.3 is 4.74 Å². The van der Waals surface area contributed by atoms with Crippen molar-refractivity contribution < 1.29 is 14.5 Å². The third kappa shape index (κ3) is 2.58. The molecule has 68 valence electrons. The van der Waals surface area contributed by atoms with E-state index in [1.807, 2.05) is 0 Å². The second-order valence-corrected chi connectivity index (χ2v) is 2.81. The molecule has 1 atom stereocenters. The minimum atomic E-state index is -0.611. The van der Waals surface area contributed by atoms with E-state index >= 15 is 0 Å². The average molecular weight is 173 g/mol. The average Bonchev–Trinajstić information content (AvgIpc) is 2.05. The van der Waals surface area contributed by atoms with Gasteiger partial charge in [0.1, 0.15) is 6.10 Å². The van der Waals surface area contributed by atoms with Crippen LogP contribution in [0.1, 0.15) is 19.3 Å². The van der Waals surface area contributed by atoms with Crippen LogP contribution in [0.25, 0.3) is 0 Å². The number of hydrogen-bond acceptors (Lipinski definition) is 4. The van der Waals surface area contributed by atoms with Crippen molar-refractivity contribution in [1.29, 1.82) is 0 Å². The summed E-state index contributed by atoms with van der Waals surface area (Å²) in [5, 5.41) is 9.98. The maximum absolute atomic E-state index is 11.0. The van der Waals surface area contributed by atoms with Crippen LogP contribution in [0, 0.1) is 10.1 Å². The van der Waals surface area contributed by atoms with Gasteiger partial charge in [-0.1, -0.05) is 0 Å². The van der Waals surface area contributed by atoms with Gasteiger partial charge in [-0.05, 0) is 19.3 Å². The lowest BCUT2D eigenvalue weighted by atomic mass is 10.1. The van der Waals surface area contributed by atoms with Gasteiger partial charge >= 0.3 is 0 Å². The monoisotopic (exact) mass is 173 g/mol. The van der Waals surface area contributed by atoms with Crippen molar-refractivity contribution in [3.8, 4) is 0 Å². The van der Waals surface area contributed by atoms with Crippen molar-refractivity contribution in [2.75, 3.05) is 13.2 Å². The zero-order valence-electron chi connectivity index (χ0n) is 6.69. The van der Waals surface area contributed by atoms with E-state index in [0.717, 1.165) is 12.8 Å². The Hall–Kier alpha value is -0.970. The number of rotatable bonds is 3. The Morgan fingerprint density at radius 1 is 1.58 bits per heavy atom. The largest absolute Gasteiger partial charge is 0.370 e. The first kappa shape index (κ1) is 9.12. The number of carbonyl (C=O) groups is 1. The molecule has 0 aromatic rings. The summed E-state index contributed by atoms with van der Waals surface area (Å²) < 4.78 is 5.09. The van der Waals surface area contributed by atoms with Crippen molar-refractivity contribution in [3.05, 3.63) is 10.1 Å². The Balaban J connectivity index is 2.34. The molecule has 0 aromatic heterocycles. The molecule has 0 aromatic carbocycles. The summed E-state index contributed by atoms with van der Waals surface area (Å²) in [7, 11) is 0. The highest BCUT2D eigenvalue weighted by Crippen LogP contribution is 2.13. The van der Waals surface area contributed by atoms with Gasteiger partial charge in [-0.2, -0.15) is 0 Å². The van der Waals surface area contributed by atoms with E-state index in [9.17, 15) is 14.9 Å². The van der Waals surface area contributed by atoms with Crippen LogP contribution in [0.5, 0.6) is 0 Å². The summed E-state index contributed by atoms with van der Waals surface area (Å²) in [5.41, 5.74) is 0. The summed E-state index contributed by atoms with van der Waals surface area (Å²) in [6, 6.07) is 0. The van der Waals surface area contributed by atoms with Gasteiger partial charge in [-0.25, -0.2) is 0 Å². The standard InChI is InChI=1S/C7H11NO4/c9-6(5-8(10)11)7-3-1-2-4-12-7/h7H,1-5H2. The van der Waals surface area contributed by atoms with Gasteiger partial charge in [0.05, 0.1) is 0 Å². The fourth-order valence-electron chi connectivity index (χ4n) is 1.22. The molecule has 1 heterocycles. The molecule has 5 heteroatoms. The Morgan fingerprint density at radius 2 is 2.33 bits per heavy atom. The minimum Gasteiger partial charge on any atom is -0.370 e. The topological polar surface area (TPSA) is 69.4 Å². The maximum Gasteiger partial charge on any atom is 0.263 e. The predicted octanol–water partition coefficient (Wildman–Crippen LogP) is 0.401. The molecular formula is C7H11NO4. The maximum atomic E-state index is 11.0. The molecule has 1 aliphatic heterocycles. The van der Waals surface area contributed by atoms with Crippen molar-refractivity contribution in [2.24, 2.45) is 0 Å². The highest BCUT2D eigenvalue weighted by molar-refractivity contribution is 5.84. The molecule has 1 fully saturated rings. The number of nitro groups is 1. The van der Waals surface area contributed by atoms with Crippen LogP contribution in [0.2, 0.25) is 0 Å². The van der Waals surface area contributed by atoms with Crippen LogP contribution in [0.4, 0.5) is 0 Å². The number of hydrogen-bond donors (Lipinski definition) is 0. The van der Waals surface area contributed by atoms with E-state index in [1.54, 1.807) is 0 Å². The molecule has 1 aliphatic rings. The second-order valence-electron chi connectivity index (χ2n) is 2.81. The molecule has 12 heavy (non-hydrogen) atoms. The molecule has 0 bridgehead atoms. The molecular weight excluding hydrogens is 162 g/mol. The second kappa shape index (κ2) is 4.15. The van der Waals surface area contributed by atoms with Crippen LogP contribution >= 0.6 is 0 Å². The minimum absolute atomic E-state index is 0.403. The molecule has 0 spiro atoms. The third-order valence-electron chi connectivity index (χ3n) is 1.82. The van der Waals surface area contributed by atoms with Crippen LogP contribution in [-0.2, 0) is 9.53 Å². The Morgan fingerprint density at radius 3 is 2.83 bits per heavy atom. The molecule has 1 unspecified atom stereocenters. The lowest BCUT2D eigenvalue weighted by Gasteiger charge is -2.19. The third-order valence-corrected chi connectivity index (χ3v) is 1.82. The predicted molar refractivity (Wildman–Crippen MR) is 40.5 cm³/mol. The van der Waals surface area contributed by atoms with Crippen LogP contribution in [0.3, 0.4) is 0 Å². The van der Waals surface area contributed by atoms with Crippen molar-refractivity contribution in [3.63, 3.8) is 0 Å². The molecule has 1 saturated heterocycles. The SMILES string of the molecule is O=C(C[N+](=O)[O-])C1CCCCO1. The first-order valence-corrected chi connectivity index (χ1v) is 3.96. The van der Waals surface area contributed by atoms with E-state index in [2.05, 4.69) is 0 Å². The lowest BCUT2D eigenvalue weighted by molar-refractivity contribution is -0.468. The van der Waals surface area contributed by atoms with Gasteiger partial charge in [0.2, 0.25) is 5.78 Å². The molecule has 0 aliphatic carbocycles. The molecule has 0 radical (unpaired) electrons. The first-order chi connectivity index (χ1) is 5.70. The summed E-state index contributed by atoms with van der Waals surface area (Å²) >= 11 is 0. The Bertz CT molecular complexity index is 186. The molecule has 0 N–H and O–H groups in total. The quantitative estimate of drug-likeness (QED) is 0.457. The molecule has 0 saturated carbocycles. The first-order valence-electron chi connectivity index (χ1n) is 3.96. The van der Waals surface area contributed by atoms with Crippen molar-refractivity contribution in [1.82, 2.24) is 0 Å². The fraction of sp³-hybridized carbons (Fsp3) is 0.857. The number of Topliss-reactive ketones (excluding diaryl/α,β-unsaturated/α-hetero) is 1. The van der Waals surface area contributed by atoms with Crippen molar-refractivity contribution >= 4 is 5.78 Å². The summed E-state index contributed by atoms with van der Waals surface area (Å²) in [6.07, 6.45) is 1.98. The van der Waals surface area contributed by atoms with Crippen LogP contribution in [0.15, 0.2) is 0 Å². The van der Waals surface area contributed by atoms with Gasteiger partial charge in [0, 0.05) is 11.5 Å². The zero-order chi connectivity index (χ0) is 8.97. The number of ether oxygens (including phenoxy) is 1.